The van der Waals surface area contributed by atoms with Gasteiger partial charge >= 0.3 is 0 Å². The summed E-state index contributed by atoms with van der Waals surface area (Å²) in [6.45, 7) is 3.68. The molecule has 1 heterocycles. The smallest absolute Gasteiger partial charge is 0.143 e. The largest absolute Gasteiger partial charge is 0.383 e. The summed E-state index contributed by atoms with van der Waals surface area (Å²) in [7, 11) is 0. The van der Waals surface area contributed by atoms with Gasteiger partial charge in [0, 0.05) is 5.56 Å². The van der Waals surface area contributed by atoms with Crippen molar-refractivity contribution in [2.45, 2.75) is 20.0 Å². The van der Waals surface area contributed by atoms with E-state index in [-0.39, 0.29) is 5.56 Å². The standard InChI is InChI=1S/C12H11BrFNOS/c1-6-12(17-7(2)15-6)11(16)8-4-3-5-9(13)10(8)14/h3-5,11,16H,1-2H3. The molecule has 0 saturated carbocycles. The van der Waals surface area contributed by atoms with Gasteiger partial charge in [0.1, 0.15) is 11.9 Å². The molecule has 90 valence electrons. The maximum atomic E-state index is 13.9. The van der Waals surface area contributed by atoms with Crippen molar-refractivity contribution in [3.8, 4) is 0 Å². The molecule has 1 N–H and O–H groups in total. The molecule has 0 fully saturated rings. The molecule has 1 unspecified atom stereocenters. The van der Waals surface area contributed by atoms with E-state index in [4.69, 9.17) is 0 Å². The second-order valence-electron chi connectivity index (χ2n) is 3.73. The quantitative estimate of drug-likeness (QED) is 0.915. The van der Waals surface area contributed by atoms with Crippen LogP contribution in [0.25, 0.3) is 0 Å². The first-order valence-electron chi connectivity index (χ1n) is 5.06. The van der Waals surface area contributed by atoms with Crippen molar-refractivity contribution in [3.05, 3.63) is 49.6 Å². The van der Waals surface area contributed by atoms with Gasteiger partial charge in [0.15, 0.2) is 0 Å². The summed E-state index contributed by atoms with van der Waals surface area (Å²) in [4.78, 5) is 4.93. The lowest BCUT2D eigenvalue weighted by molar-refractivity contribution is 0.217. The zero-order valence-electron chi connectivity index (χ0n) is 9.37. The van der Waals surface area contributed by atoms with E-state index < -0.39 is 11.9 Å². The fourth-order valence-corrected chi connectivity index (χ4v) is 2.99. The van der Waals surface area contributed by atoms with Crippen LogP contribution in [0.3, 0.4) is 0 Å². The first kappa shape index (κ1) is 12.7. The number of thiazole rings is 1. The summed E-state index contributed by atoms with van der Waals surface area (Å²) >= 11 is 4.50. The van der Waals surface area contributed by atoms with Crippen LogP contribution in [0.4, 0.5) is 4.39 Å². The van der Waals surface area contributed by atoms with E-state index in [2.05, 4.69) is 20.9 Å². The molecule has 17 heavy (non-hydrogen) atoms. The molecule has 2 aromatic rings. The van der Waals surface area contributed by atoms with Gasteiger partial charge in [0.25, 0.3) is 0 Å². The number of aliphatic hydroxyl groups is 1. The SMILES string of the molecule is Cc1nc(C)c(C(O)c2cccc(Br)c2F)s1. The molecule has 0 bridgehead atoms. The molecule has 5 heteroatoms. The first-order valence-corrected chi connectivity index (χ1v) is 6.67. The maximum absolute atomic E-state index is 13.9. The van der Waals surface area contributed by atoms with Crippen LogP contribution < -0.4 is 0 Å². The molecule has 1 aromatic heterocycles. The Labute approximate surface area is 111 Å². The molecule has 0 radical (unpaired) electrons. The molecule has 0 aliphatic carbocycles. The van der Waals surface area contributed by atoms with Gasteiger partial charge in [-0.25, -0.2) is 9.37 Å². The lowest BCUT2D eigenvalue weighted by Crippen LogP contribution is -2.02. The van der Waals surface area contributed by atoms with E-state index in [1.54, 1.807) is 18.2 Å². The number of aromatic nitrogens is 1. The summed E-state index contributed by atoms with van der Waals surface area (Å²) < 4.78 is 14.2. The topological polar surface area (TPSA) is 33.1 Å². The third-order valence-corrected chi connectivity index (χ3v) is 4.20. The molecule has 1 atom stereocenters. The van der Waals surface area contributed by atoms with Crippen molar-refractivity contribution < 1.29 is 9.50 Å². The molecule has 2 nitrogen and oxygen atoms in total. The summed E-state index contributed by atoms with van der Waals surface area (Å²) in [5, 5.41) is 11.1. The van der Waals surface area contributed by atoms with Crippen LogP contribution in [0.2, 0.25) is 0 Å². The predicted octanol–water partition coefficient (Wildman–Crippen LogP) is 3.74. The average molecular weight is 316 g/mol. The van der Waals surface area contributed by atoms with Gasteiger partial charge in [0.05, 0.1) is 20.1 Å². The van der Waals surface area contributed by atoms with E-state index in [9.17, 15) is 9.50 Å². The monoisotopic (exact) mass is 315 g/mol. The molecule has 0 amide bonds. The number of hydrogen-bond donors (Lipinski definition) is 1. The van der Waals surface area contributed by atoms with E-state index >= 15 is 0 Å². The van der Waals surface area contributed by atoms with Crippen LogP contribution in [0.15, 0.2) is 22.7 Å². The highest BCUT2D eigenvalue weighted by atomic mass is 79.9. The van der Waals surface area contributed by atoms with E-state index in [0.29, 0.717) is 9.35 Å². The zero-order valence-corrected chi connectivity index (χ0v) is 11.8. The van der Waals surface area contributed by atoms with Gasteiger partial charge in [-0.2, -0.15) is 0 Å². The highest BCUT2D eigenvalue weighted by molar-refractivity contribution is 9.10. The van der Waals surface area contributed by atoms with Crippen LogP contribution in [0.1, 0.15) is 27.2 Å². The highest BCUT2D eigenvalue weighted by Gasteiger charge is 2.20. The van der Waals surface area contributed by atoms with Crippen molar-refractivity contribution >= 4 is 27.3 Å². The summed E-state index contributed by atoms with van der Waals surface area (Å²) in [5.74, 6) is -0.426. The lowest BCUT2D eigenvalue weighted by atomic mass is 10.1. The molecule has 0 aliphatic rings. The van der Waals surface area contributed by atoms with Gasteiger partial charge in [-0.1, -0.05) is 12.1 Å². The van der Waals surface area contributed by atoms with Crippen molar-refractivity contribution in [3.63, 3.8) is 0 Å². The Kier molecular flexibility index (Phi) is 3.61. The number of aryl methyl sites for hydroxylation is 2. The van der Waals surface area contributed by atoms with E-state index in [0.717, 1.165) is 10.7 Å². The van der Waals surface area contributed by atoms with Gasteiger partial charge in [-0.3, -0.25) is 0 Å². The number of benzene rings is 1. The van der Waals surface area contributed by atoms with Crippen molar-refractivity contribution in [1.29, 1.82) is 0 Å². The van der Waals surface area contributed by atoms with Crippen LogP contribution in [0, 0.1) is 19.7 Å². The Balaban J connectivity index is 2.47. The second kappa shape index (κ2) is 4.84. The van der Waals surface area contributed by atoms with Crippen LogP contribution >= 0.6 is 27.3 Å². The Morgan fingerprint density at radius 1 is 1.41 bits per heavy atom. The van der Waals surface area contributed by atoms with E-state index in [1.807, 2.05) is 13.8 Å². The molecule has 1 aromatic carbocycles. The molecule has 2 rings (SSSR count). The molecule has 0 aliphatic heterocycles. The van der Waals surface area contributed by atoms with Gasteiger partial charge in [-0.05, 0) is 35.8 Å². The minimum absolute atomic E-state index is 0.270. The van der Waals surface area contributed by atoms with Gasteiger partial charge < -0.3 is 5.11 Å². The minimum atomic E-state index is -0.960. The van der Waals surface area contributed by atoms with Crippen LogP contribution in [0.5, 0.6) is 0 Å². The van der Waals surface area contributed by atoms with Crippen LogP contribution in [-0.2, 0) is 0 Å². The first-order chi connectivity index (χ1) is 8.00. The van der Waals surface area contributed by atoms with Gasteiger partial charge in [-0.15, -0.1) is 11.3 Å². The van der Waals surface area contributed by atoms with Crippen molar-refractivity contribution in [2.75, 3.05) is 0 Å². The number of halogens is 2. The molecule has 0 saturated heterocycles. The number of hydrogen-bond acceptors (Lipinski definition) is 3. The zero-order chi connectivity index (χ0) is 12.6. The van der Waals surface area contributed by atoms with Crippen molar-refractivity contribution in [1.82, 2.24) is 4.98 Å². The predicted molar refractivity (Wildman–Crippen MR) is 69.7 cm³/mol. The van der Waals surface area contributed by atoms with Gasteiger partial charge in [0.2, 0.25) is 0 Å². The second-order valence-corrected chi connectivity index (χ2v) is 5.82. The fraction of sp³-hybridized carbons (Fsp3) is 0.250. The fourth-order valence-electron chi connectivity index (χ4n) is 1.67. The Bertz CT molecular complexity index is 555. The molecular formula is C12H11BrFNOS. The van der Waals surface area contributed by atoms with E-state index in [1.165, 1.54) is 11.3 Å². The van der Waals surface area contributed by atoms with Crippen LogP contribution in [-0.4, -0.2) is 10.1 Å². The summed E-state index contributed by atoms with van der Waals surface area (Å²) in [5.41, 5.74) is 1.02. The third-order valence-electron chi connectivity index (χ3n) is 2.46. The molecule has 0 spiro atoms. The normalized spacial score (nSPS) is 12.8. The number of rotatable bonds is 2. The Morgan fingerprint density at radius 3 is 2.71 bits per heavy atom. The maximum Gasteiger partial charge on any atom is 0.143 e. The summed E-state index contributed by atoms with van der Waals surface area (Å²) in [6, 6.07) is 4.89. The summed E-state index contributed by atoms with van der Waals surface area (Å²) in [6.07, 6.45) is -0.960. The Morgan fingerprint density at radius 2 is 2.12 bits per heavy atom. The average Bonchev–Trinajstić information content (AvgIpc) is 2.61. The number of nitrogens with zero attached hydrogens (tertiary/aromatic N) is 1. The number of aliphatic hydroxyl groups excluding tert-OH is 1. The third kappa shape index (κ3) is 2.41. The Hall–Kier alpha value is -0.780. The molecular weight excluding hydrogens is 305 g/mol. The lowest BCUT2D eigenvalue weighted by Gasteiger charge is -2.11. The van der Waals surface area contributed by atoms with Crippen molar-refractivity contribution in [2.24, 2.45) is 0 Å². The minimum Gasteiger partial charge on any atom is -0.383 e. The highest BCUT2D eigenvalue weighted by Crippen LogP contribution is 2.32.